The fourth-order valence-electron chi connectivity index (χ4n) is 2.31. The highest BCUT2D eigenvalue weighted by atomic mass is 35.5. The minimum atomic E-state index is -4.83. The SMILES string of the molecule is O=C(c1cccc(C(F)(F)F)c1F)N(CCCl)C1CCC1. The summed E-state index contributed by atoms with van der Waals surface area (Å²) in [6.07, 6.45) is -2.34. The number of hydrogen-bond donors (Lipinski definition) is 0. The fourth-order valence-corrected chi connectivity index (χ4v) is 2.49. The zero-order valence-corrected chi connectivity index (χ0v) is 11.8. The molecule has 0 radical (unpaired) electrons. The minimum absolute atomic E-state index is 0.0646. The van der Waals surface area contributed by atoms with Crippen LogP contribution in [-0.4, -0.2) is 29.3 Å². The summed E-state index contributed by atoms with van der Waals surface area (Å²) < 4.78 is 52.1. The maximum atomic E-state index is 14.0. The van der Waals surface area contributed by atoms with Crippen molar-refractivity contribution in [1.82, 2.24) is 4.90 Å². The van der Waals surface area contributed by atoms with Crippen LogP contribution >= 0.6 is 11.6 Å². The van der Waals surface area contributed by atoms with E-state index < -0.39 is 29.0 Å². The molecule has 0 atom stereocenters. The van der Waals surface area contributed by atoms with Crippen molar-refractivity contribution >= 4 is 17.5 Å². The van der Waals surface area contributed by atoms with Gasteiger partial charge in [0, 0.05) is 18.5 Å². The lowest BCUT2D eigenvalue weighted by Crippen LogP contribution is -2.45. The van der Waals surface area contributed by atoms with Gasteiger partial charge in [-0.3, -0.25) is 4.79 Å². The van der Waals surface area contributed by atoms with Crippen molar-refractivity contribution in [2.45, 2.75) is 31.5 Å². The van der Waals surface area contributed by atoms with Gasteiger partial charge in [-0.05, 0) is 31.4 Å². The molecular formula is C14H14ClF4NO. The average molecular weight is 324 g/mol. The van der Waals surface area contributed by atoms with Crippen molar-refractivity contribution in [1.29, 1.82) is 0 Å². The van der Waals surface area contributed by atoms with Gasteiger partial charge < -0.3 is 4.90 Å². The van der Waals surface area contributed by atoms with E-state index in [9.17, 15) is 22.4 Å². The summed E-state index contributed by atoms with van der Waals surface area (Å²) in [4.78, 5) is 13.7. The number of amides is 1. The lowest BCUT2D eigenvalue weighted by molar-refractivity contribution is -0.140. The Morgan fingerprint density at radius 3 is 2.48 bits per heavy atom. The molecule has 0 aliphatic heterocycles. The molecule has 1 amide bonds. The van der Waals surface area contributed by atoms with Gasteiger partial charge >= 0.3 is 6.18 Å². The number of halogens is 5. The van der Waals surface area contributed by atoms with Gasteiger partial charge in [0.05, 0.1) is 11.1 Å². The molecule has 0 N–H and O–H groups in total. The number of rotatable bonds is 4. The quantitative estimate of drug-likeness (QED) is 0.604. The molecule has 0 bridgehead atoms. The van der Waals surface area contributed by atoms with Gasteiger partial charge in [-0.25, -0.2) is 4.39 Å². The van der Waals surface area contributed by atoms with Gasteiger partial charge in [-0.2, -0.15) is 13.2 Å². The lowest BCUT2D eigenvalue weighted by Gasteiger charge is -2.37. The summed E-state index contributed by atoms with van der Waals surface area (Å²) in [6, 6.07) is 2.68. The third-order valence-corrected chi connectivity index (χ3v) is 3.81. The highest BCUT2D eigenvalue weighted by molar-refractivity contribution is 6.18. The van der Waals surface area contributed by atoms with Crippen LogP contribution in [-0.2, 0) is 6.18 Å². The molecule has 1 aromatic carbocycles. The Morgan fingerprint density at radius 2 is 2.00 bits per heavy atom. The van der Waals surface area contributed by atoms with Crippen molar-refractivity contribution in [3.63, 3.8) is 0 Å². The Morgan fingerprint density at radius 1 is 1.33 bits per heavy atom. The first-order valence-corrected chi connectivity index (χ1v) is 7.12. The second-order valence-electron chi connectivity index (χ2n) is 4.94. The Balaban J connectivity index is 2.33. The van der Waals surface area contributed by atoms with Gasteiger partial charge in [0.1, 0.15) is 5.82 Å². The molecule has 7 heteroatoms. The number of benzene rings is 1. The first-order valence-electron chi connectivity index (χ1n) is 6.59. The smallest absolute Gasteiger partial charge is 0.334 e. The maximum absolute atomic E-state index is 14.0. The summed E-state index contributed by atoms with van der Waals surface area (Å²) in [5.74, 6) is -2.10. The van der Waals surface area contributed by atoms with E-state index in [1.165, 1.54) is 4.90 Å². The van der Waals surface area contributed by atoms with Crippen molar-refractivity contribution < 1.29 is 22.4 Å². The van der Waals surface area contributed by atoms with Gasteiger partial charge in [0.15, 0.2) is 0 Å². The molecule has 0 heterocycles. The normalized spacial score (nSPS) is 15.7. The summed E-state index contributed by atoms with van der Waals surface area (Å²) in [5, 5.41) is 0. The average Bonchev–Trinajstić information content (AvgIpc) is 2.34. The van der Waals surface area contributed by atoms with E-state index in [1.807, 2.05) is 0 Å². The maximum Gasteiger partial charge on any atom is 0.419 e. The van der Waals surface area contributed by atoms with Crippen LogP contribution < -0.4 is 0 Å². The first-order chi connectivity index (χ1) is 9.86. The van der Waals surface area contributed by atoms with Crippen LogP contribution in [0.2, 0.25) is 0 Å². The molecule has 2 nitrogen and oxygen atoms in total. The van der Waals surface area contributed by atoms with E-state index in [-0.39, 0.29) is 18.5 Å². The van der Waals surface area contributed by atoms with E-state index >= 15 is 0 Å². The molecule has 1 fully saturated rings. The third kappa shape index (κ3) is 3.31. The zero-order chi connectivity index (χ0) is 15.6. The second-order valence-corrected chi connectivity index (χ2v) is 5.32. The molecule has 1 aliphatic rings. The molecular weight excluding hydrogens is 310 g/mol. The van der Waals surface area contributed by atoms with Crippen molar-refractivity contribution in [2.75, 3.05) is 12.4 Å². The molecule has 1 saturated carbocycles. The summed E-state index contributed by atoms with van der Waals surface area (Å²) in [5.41, 5.74) is -1.98. The number of carbonyl (C=O) groups excluding carboxylic acids is 1. The van der Waals surface area contributed by atoms with Crippen LogP contribution in [0.15, 0.2) is 18.2 Å². The van der Waals surface area contributed by atoms with Crippen LogP contribution in [0.3, 0.4) is 0 Å². The van der Waals surface area contributed by atoms with Crippen molar-refractivity contribution in [3.8, 4) is 0 Å². The molecule has 0 spiro atoms. The Hall–Kier alpha value is -1.30. The number of hydrogen-bond acceptors (Lipinski definition) is 1. The summed E-state index contributed by atoms with van der Waals surface area (Å²) >= 11 is 5.63. The molecule has 0 aromatic heterocycles. The Bertz CT molecular complexity index is 528. The summed E-state index contributed by atoms with van der Waals surface area (Å²) in [6.45, 7) is 0.195. The van der Waals surface area contributed by atoms with Crippen LogP contribution in [0.1, 0.15) is 35.2 Å². The second kappa shape index (κ2) is 6.22. The topological polar surface area (TPSA) is 20.3 Å². The van der Waals surface area contributed by atoms with Crippen LogP contribution in [0.5, 0.6) is 0 Å². The largest absolute Gasteiger partial charge is 0.419 e. The zero-order valence-electron chi connectivity index (χ0n) is 11.1. The lowest BCUT2D eigenvalue weighted by atomic mass is 9.91. The van der Waals surface area contributed by atoms with Gasteiger partial charge in [0.25, 0.3) is 5.91 Å². The van der Waals surface area contributed by atoms with E-state index in [0.717, 1.165) is 31.4 Å². The van der Waals surface area contributed by atoms with Crippen molar-refractivity contribution in [3.05, 3.63) is 35.1 Å². The molecule has 0 unspecified atom stereocenters. The van der Waals surface area contributed by atoms with E-state index in [2.05, 4.69) is 0 Å². The third-order valence-electron chi connectivity index (χ3n) is 3.64. The Kier molecular flexibility index (Phi) is 4.76. The molecule has 21 heavy (non-hydrogen) atoms. The molecule has 116 valence electrons. The number of nitrogens with zero attached hydrogens (tertiary/aromatic N) is 1. The van der Waals surface area contributed by atoms with Crippen LogP contribution in [0, 0.1) is 5.82 Å². The highest BCUT2D eigenvalue weighted by Crippen LogP contribution is 2.33. The predicted molar refractivity (Wildman–Crippen MR) is 70.8 cm³/mol. The number of carbonyl (C=O) groups is 1. The van der Waals surface area contributed by atoms with Gasteiger partial charge in [0.2, 0.25) is 0 Å². The predicted octanol–water partition coefficient (Wildman–Crippen LogP) is 4.08. The molecule has 0 saturated heterocycles. The van der Waals surface area contributed by atoms with Crippen molar-refractivity contribution in [2.24, 2.45) is 0 Å². The standard InChI is InChI=1S/C14H14ClF4NO/c15-7-8-20(9-3-1-4-9)13(21)10-5-2-6-11(12(10)16)14(17,18)19/h2,5-6,9H,1,3-4,7-8H2. The molecule has 1 aromatic rings. The monoisotopic (exact) mass is 323 g/mol. The summed E-state index contributed by atoms with van der Waals surface area (Å²) in [7, 11) is 0. The van der Waals surface area contributed by atoms with Crippen LogP contribution in [0.25, 0.3) is 0 Å². The molecule has 2 rings (SSSR count). The van der Waals surface area contributed by atoms with Gasteiger partial charge in [-0.15, -0.1) is 11.6 Å². The molecule has 1 aliphatic carbocycles. The minimum Gasteiger partial charge on any atom is -0.334 e. The highest BCUT2D eigenvalue weighted by Gasteiger charge is 2.37. The van der Waals surface area contributed by atoms with E-state index in [0.29, 0.717) is 6.07 Å². The van der Waals surface area contributed by atoms with E-state index in [4.69, 9.17) is 11.6 Å². The van der Waals surface area contributed by atoms with Crippen LogP contribution in [0.4, 0.5) is 17.6 Å². The van der Waals surface area contributed by atoms with E-state index in [1.54, 1.807) is 0 Å². The Labute approximate surface area is 124 Å². The number of alkyl halides is 4. The van der Waals surface area contributed by atoms with Gasteiger partial charge in [-0.1, -0.05) is 6.07 Å². The fraction of sp³-hybridized carbons (Fsp3) is 0.500. The first kappa shape index (κ1) is 16.1.